The Morgan fingerprint density at radius 1 is 1.00 bits per heavy atom. The van der Waals surface area contributed by atoms with Crippen molar-refractivity contribution in [1.82, 2.24) is 0 Å². The van der Waals surface area contributed by atoms with E-state index in [1.54, 1.807) is 13.8 Å². The van der Waals surface area contributed by atoms with Crippen molar-refractivity contribution in [3.8, 4) is 5.75 Å². The van der Waals surface area contributed by atoms with Crippen molar-refractivity contribution in [2.24, 2.45) is 0 Å². The first kappa shape index (κ1) is 24.3. The van der Waals surface area contributed by atoms with Crippen LogP contribution in [0.2, 0.25) is 0 Å². The molecule has 1 aromatic rings. The Bertz CT molecular complexity index is 681. The Morgan fingerprint density at radius 3 is 1.85 bits per heavy atom. The van der Waals surface area contributed by atoms with E-state index in [4.69, 9.17) is 13.4 Å². The molecule has 0 fully saturated rings. The number of rotatable bonds is 8. The van der Waals surface area contributed by atoms with Gasteiger partial charge in [0, 0.05) is 4.57 Å². The highest BCUT2D eigenvalue weighted by Crippen LogP contribution is 2.58. The summed E-state index contributed by atoms with van der Waals surface area (Å²) in [7, 11) is -6.21. The van der Waals surface area contributed by atoms with E-state index < -0.39 is 15.9 Å². The smallest absolute Gasteiger partial charge is 0.507 e. The summed E-state index contributed by atoms with van der Waals surface area (Å²) >= 11 is 0. The summed E-state index contributed by atoms with van der Waals surface area (Å²) in [5, 5.41) is 10.8. The Balaban J connectivity index is 3.42. The predicted octanol–water partition coefficient (Wildman–Crippen LogP) is 6.43. The Kier molecular flexibility index (Phi) is 8.23. The lowest BCUT2D eigenvalue weighted by molar-refractivity contribution is 0.251. The van der Waals surface area contributed by atoms with Gasteiger partial charge in [-0.25, -0.2) is 0 Å². The minimum atomic E-state index is -3.68. The van der Waals surface area contributed by atoms with Crippen LogP contribution in [0.15, 0.2) is 12.1 Å². The quantitative estimate of drug-likeness (QED) is 0.489. The molecule has 0 aliphatic carbocycles. The van der Waals surface area contributed by atoms with Crippen molar-refractivity contribution in [2.75, 3.05) is 13.2 Å². The molecule has 2 unspecified atom stereocenters. The average Bonchev–Trinajstić information content (AvgIpc) is 2.46. The monoisotopic (exact) mass is 419 g/mol. The van der Waals surface area contributed by atoms with E-state index in [1.807, 2.05) is 53.7 Å². The van der Waals surface area contributed by atoms with Gasteiger partial charge in [0.25, 0.3) is 0 Å². The second-order valence-corrected chi connectivity index (χ2v) is 11.6. The van der Waals surface area contributed by atoms with Crippen LogP contribution in [0.3, 0.4) is 0 Å². The number of hydrogen-bond acceptors (Lipinski definition) is 6. The first-order chi connectivity index (χ1) is 12.2. The van der Waals surface area contributed by atoms with Gasteiger partial charge in [0.05, 0.1) is 12.8 Å². The van der Waals surface area contributed by atoms with Crippen LogP contribution >= 0.6 is 15.9 Å². The zero-order valence-corrected chi connectivity index (χ0v) is 19.4. The maximum Gasteiger partial charge on any atom is 0.706 e. The van der Waals surface area contributed by atoms with Gasteiger partial charge in [0.15, 0.2) is 0 Å². The highest BCUT2D eigenvalue weighted by molar-refractivity contribution is 7.60. The summed E-state index contributed by atoms with van der Waals surface area (Å²) in [6.07, 6.45) is -0.0541. The third-order valence-electron chi connectivity index (χ3n) is 3.91. The molecular formula is C19H33O6P2+. The van der Waals surface area contributed by atoms with Crippen molar-refractivity contribution in [3.05, 3.63) is 28.8 Å². The molecule has 154 valence electrons. The topological polar surface area (TPSA) is 82.1 Å². The predicted molar refractivity (Wildman–Crippen MR) is 109 cm³/mol. The Labute approximate surface area is 164 Å². The third-order valence-corrected chi connectivity index (χ3v) is 7.31. The summed E-state index contributed by atoms with van der Waals surface area (Å²) in [4.78, 5) is 0. The van der Waals surface area contributed by atoms with Crippen molar-refractivity contribution in [2.45, 2.75) is 72.4 Å². The van der Waals surface area contributed by atoms with Crippen molar-refractivity contribution >= 4 is 15.9 Å². The second-order valence-electron chi connectivity index (χ2n) is 8.45. The zero-order valence-electron chi connectivity index (χ0n) is 17.7. The number of phenolic OH excluding ortho intramolecular Hbond substituents is 1. The lowest BCUT2D eigenvalue weighted by Gasteiger charge is -2.28. The second kappa shape index (κ2) is 9.15. The van der Waals surface area contributed by atoms with E-state index in [-0.39, 0.29) is 36.0 Å². The molecule has 0 aliphatic rings. The maximum atomic E-state index is 13.1. The van der Waals surface area contributed by atoms with Gasteiger partial charge in [-0.3, -0.25) is 4.57 Å². The molecule has 0 amide bonds. The van der Waals surface area contributed by atoms with Gasteiger partial charge < -0.3 is 9.63 Å². The van der Waals surface area contributed by atoms with Crippen LogP contribution in [0.5, 0.6) is 5.75 Å². The maximum absolute atomic E-state index is 13.1. The van der Waals surface area contributed by atoms with Gasteiger partial charge in [0.2, 0.25) is 0 Å². The van der Waals surface area contributed by atoms with Gasteiger partial charge in [-0.15, -0.1) is 4.52 Å². The normalized spacial score (nSPS) is 15.5. The summed E-state index contributed by atoms with van der Waals surface area (Å²) in [5.74, 6) is 0.242. The van der Waals surface area contributed by atoms with Crippen LogP contribution in [0.1, 0.15) is 72.1 Å². The zero-order chi connectivity index (χ0) is 21.0. The van der Waals surface area contributed by atoms with Gasteiger partial charge in [-0.05, 0) is 45.7 Å². The summed E-state index contributed by atoms with van der Waals surface area (Å²) in [5.41, 5.74) is 1.57. The van der Waals surface area contributed by atoms with E-state index in [0.29, 0.717) is 5.56 Å². The van der Waals surface area contributed by atoms with E-state index in [0.717, 1.165) is 11.1 Å². The number of phenols is 1. The Morgan fingerprint density at radius 2 is 1.48 bits per heavy atom. The summed E-state index contributed by atoms with van der Waals surface area (Å²) in [6, 6.07) is 3.63. The Hall–Kier alpha value is -0.770. The van der Waals surface area contributed by atoms with E-state index in [2.05, 4.69) is 0 Å². The van der Waals surface area contributed by atoms with Gasteiger partial charge in [-0.2, -0.15) is 0 Å². The minimum absolute atomic E-state index is 0.0541. The van der Waals surface area contributed by atoms with Crippen molar-refractivity contribution in [3.63, 3.8) is 0 Å². The molecule has 0 saturated heterocycles. The molecule has 1 rings (SSSR count). The SMILES string of the molecule is CCO[P+](=O)OP(=O)(Cc1cc(C(C)(C)C)c(O)c(C(C)(C)C)c1)OCC. The number of aromatic hydroxyl groups is 1. The van der Waals surface area contributed by atoms with Crippen LogP contribution in [-0.4, -0.2) is 18.3 Å². The molecule has 0 aromatic heterocycles. The molecule has 0 heterocycles. The summed E-state index contributed by atoms with van der Waals surface area (Å²) < 4.78 is 40.3. The fourth-order valence-corrected chi connectivity index (χ4v) is 5.42. The van der Waals surface area contributed by atoms with Gasteiger partial charge >= 0.3 is 15.9 Å². The number of hydrogen-bond donors (Lipinski definition) is 1. The van der Waals surface area contributed by atoms with E-state index in [9.17, 15) is 14.2 Å². The molecule has 0 bridgehead atoms. The van der Waals surface area contributed by atoms with Gasteiger partial charge in [0.1, 0.15) is 12.4 Å². The molecule has 0 spiro atoms. The first-order valence-corrected chi connectivity index (χ1v) is 12.0. The highest BCUT2D eigenvalue weighted by Gasteiger charge is 2.39. The van der Waals surface area contributed by atoms with Crippen molar-refractivity contribution < 1.29 is 27.6 Å². The lowest BCUT2D eigenvalue weighted by Crippen LogP contribution is -2.18. The lowest BCUT2D eigenvalue weighted by atomic mass is 9.78. The fourth-order valence-electron chi connectivity index (χ4n) is 2.68. The molecular weight excluding hydrogens is 386 g/mol. The van der Waals surface area contributed by atoms with Crippen LogP contribution in [0, 0.1) is 0 Å². The molecule has 27 heavy (non-hydrogen) atoms. The standard InChI is InChI=1S/C19H32O6P2/c1-9-23-26(21)25-27(22,24-10-2)13-14-11-15(18(3,4)5)17(20)16(12-14)19(6,7)8/h11-12H,9-10,13H2,1-8H3/p+1. The molecule has 0 radical (unpaired) electrons. The van der Waals surface area contributed by atoms with E-state index >= 15 is 0 Å². The number of benzene rings is 1. The largest absolute Gasteiger partial charge is 0.706 e. The average molecular weight is 419 g/mol. The molecule has 1 aromatic carbocycles. The van der Waals surface area contributed by atoms with Crippen LogP contribution < -0.4 is 0 Å². The molecule has 6 nitrogen and oxygen atoms in total. The first-order valence-electron chi connectivity index (χ1n) is 9.14. The van der Waals surface area contributed by atoms with Crippen LogP contribution in [0.4, 0.5) is 0 Å². The molecule has 8 heteroatoms. The molecule has 2 atom stereocenters. The van der Waals surface area contributed by atoms with Crippen LogP contribution in [0.25, 0.3) is 0 Å². The molecule has 0 aliphatic heterocycles. The third kappa shape index (κ3) is 6.96. The van der Waals surface area contributed by atoms with Crippen molar-refractivity contribution in [1.29, 1.82) is 0 Å². The highest BCUT2D eigenvalue weighted by atomic mass is 31.2. The van der Waals surface area contributed by atoms with E-state index in [1.165, 1.54) is 0 Å². The molecule has 1 N–H and O–H groups in total. The minimum Gasteiger partial charge on any atom is -0.507 e. The molecule has 0 saturated carbocycles. The van der Waals surface area contributed by atoms with Gasteiger partial charge in [-0.1, -0.05) is 53.7 Å². The fraction of sp³-hybridized carbons (Fsp3) is 0.684. The van der Waals surface area contributed by atoms with Crippen LogP contribution in [-0.2, 0) is 39.5 Å². The summed E-state index contributed by atoms with van der Waals surface area (Å²) in [6.45, 7) is 15.7.